The Kier molecular flexibility index (Phi) is 5.86. The SMILES string of the molecule is CC(C)(C)OC(=O)NC1CCN(c2cnn(-c3ccc(Cl)cc3)c(=O)c2Cl)C1. The van der Waals surface area contributed by atoms with Gasteiger partial charge in [0.25, 0.3) is 5.56 Å². The average molecular weight is 425 g/mol. The van der Waals surface area contributed by atoms with Gasteiger partial charge in [-0.1, -0.05) is 23.2 Å². The van der Waals surface area contributed by atoms with Crippen molar-refractivity contribution in [2.75, 3.05) is 18.0 Å². The molecule has 150 valence electrons. The van der Waals surface area contributed by atoms with Gasteiger partial charge >= 0.3 is 6.09 Å². The minimum atomic E-state index is -0.554. The molecule has 9 heteroatoms. The summed E-state index contributed by atoms with van der Waals surface area (Å²) in [5.74, 6) is 0. The normalized spacial score (nSPS) is 16.9. The lowest BCUT2D eigenvalue weighted by Gasteiger charge is -2.22. The van der Waals surface area contributed by atoms with E-state index in [0.29, 0.717) is 29.5 Å². The van der Waals surface area contributed by atoms with Crippen LogP contribution in [-0.2, 0) is 4.74 Å². The van der Waals surface area contributed by atoms with Crippen LogP contribution in [0.5, 0.6) is 0 Å². The summed E-state index contributed by atoms with van der Waals surface area (Å²) in [6.07, 6.45) is 1.83. The zero-order chi connectivity index (χ0) is 20.5. The topological polar surface area (TPSA) is 76.5 Å². The van der Waals surface area contributed by atoms with Crippen LogP contribution >= 0.6 is 23.2 Å². The smallest absolute Gasteiger partial charge is 0.407 e. The number of nitrogens with one attached hydrogen (secondary N) is 1. The highest BCUT2D eigenvalue weighted by atomic mass is 35.5. The number of amides is 1. The Balaban J connectivity index is 1.73. The fourth-order valence-electron chi connectivity index (χ4n) is 2.98. The lowest BCUT2D eigenvalue weighted by atomic mass is 10.2. The number of anilines is 1. The molecule has 1 N–H and O–H groups in total. The number of aromatic nitrogens is 2. The van der Waals surface area contributed by atoms with Crippen molar-refractivity contribution in [3.8, 4) is 5.69 Å². The maximum atomic E-state index is 12.7. The standard InChI is InChI=1S/C19H22Cl2N4O3/c1-19(2,3)28-18(27)23-13-8-9-24(11-13)15-10-22-25(17(26)16(15)21)14-6-4-12(20)5-7-14/h4-7,10,13H,8-9,11H2,1-3H3,(H,23,27). The molecule has 1 aliphatic heterocycles. The summed E-state index contributed by atoms with van der Waals surface area (Å²) in [5, 5.41) is 7.75. The van der Waals surface area contributed by atoms with Gasteiger partial charge in [0.05, 0.1) is 23.6 Å². The molecule has 0 radical (unpaired) electrons. The maximum Gasteiger partial charge on any atom is 0.407 e. The minimum absolute atomic E-state index is 0.0860. The molecule has 0 bridgehead atoms. The zero-order valence-electron chi connectivity index (χ0n) is 15.9. The molecule has 0 saturated carbocycles. The van der Waals surface area contributed by atoms with Gasteiger partial charge in [0, 0.05) is 18.1 Å². The van der Waals surface area contributed by atoms with Crippen LogP contribution in [0.25, 0.3) is 5.69 Å². The lowest BCUT2D eigenvalue weighted by Crippen LogP contribution is -2.40. The number of carbonyl (C=O) groups excluding carboxylic acids is 1. The van der Waals surface area contributed by atoms with Crippen LogP contribution in [0, 0.1) is 0 Å². The zero-order valence-corrected chi connectivity index (χ0v) is 17.4. The number of rotatable bonds is 3. The van der Waals surface area contributed by atoms with Crippen molar-refractivity contribution in [2.45, 2.75) is 38.8 Å². The Morgan fingerprint density at radius 2 is 1.93 bits per heavy atom. The molecule has 1 amide bonds. The van der Waals surface area contributed by atoms with E-state index in [4.69, 9.17) is 27.9 Å². The highest BCUT2D eigenvalue weighted by molar-refractivity contribution is 6.33. The van der Waals surface area contributed by atoms with Crippen molar-refractivity contribution < 1.29 is 9.53 Å². The Morgan fingerprint density at radius 1 is 1.25 bits per heavy atom. The lowest BCUT2D eigenvalue weighted by molar-refractivity contribution is 0.0509. The second-order valence-corrected chi connectivity index (χ2v) is 8.43. The Morgan fingerprint density at radius 3 is 2.57 bits per heavy atom. The van der Waals surface area contributed by atoms with Crippen molar-refractivity contribution in [2.24, 2.45) is 0 Å². The van der Waals surface area contributed by atoms with Gasteiger partial charge in [-0.25, -0.2) is 4.79 Å². The number of hydrogen-bond acceptors (Lipinski definition) is 5. The molecule has 3 rings (SSSR count). The molecular weight excluding hydrogens is 403 g/mol. The highest BCUT2D eigenvalue weighted by Crippen LogP contribution is 2.26. The molecule has 1 unspecified atom stereocenters. The maximum absolute atomic E-state index is 12.7. The number of ether oxygens (including phenoxy) is 1. The average Bonchev–Trinajstić information content (AvgIpc) is 3.04. The van der Waals surface area contributed by atoms with Crippen LogP contribution < -0.4 is 15.8 Å². The minimum Gasteiger partial charge on any atom is -0.444 e. The van der Waals surface area contributed by atoms with Crippen LogP contribution in [-0.4, -0.2) is 40.6 Å². The van der Waals surface area contributed by atoms with E-state index in [9.17, 15) is 9.59 Å². The number of halogens is 2. The molecule has 0 spiro atoms. The van der Waals surface area contributed by atoms with E-state index in [-0.39, 0.29) is 11.1 Å². The van der Waals surface area contributed by atoms with Gasteiger partial charge in [-0.15, -0.1) is 0 Å². The third-order valence-corrected chi connectivity index (χ3v) is 4.83. The molecule has 1 aliphatic rings. The summed E-state index contributed by atoms with van der Waals surface area (Å²) >= 11 is 12.2. The van der Waals surface area contributed by atoms with Crippen molar-refractivity contribution in [3.05, 3.63) is 50.9 Å². The molecule has 1 fully saturated rings. The Labute approximate surface area is 173 Å². The summed E-state index contributed by atoms with van der Waals surface area (Å²) in [5.41, 5.74) is 0.158. The van der Waals surface area contributed by atoms with Crippen LogP contribution in [0.1, 0.15) is 27.2 Å². The summed E-state index contributed by atoms with van der Waals surface area (Å²) in [6, 6.07) is 6.66. The van der Waals surface area contributed by atoms with E-state index in [1.807, 2.05) is 25.7 Å². The molecule has 2 heterocycles. The Bertz CT molecular complexity index is 922. The van der Waals surface area contributed by atoms with Gasteiger partial charge in [-0.3, -0.25) is 4.79 Å². The predicted octanol–water partition coefficient (Wildman–Crippen LogP) is 3.64. The van der Waals surface area contributed by atoms with E-state index in [2.05, 4.69) is 10.4 Å². The van der Waals surface area contributed by atoms with Gasteiger partial charge < -0.3 is 15.0 Å². The summed E-state index contributed by atoms with van der Waals surface area (Å²) < 4.78 is 6.52. The molecule has 2 aromatic rings. The first kappa shape index (κ1) is 20.5. The third-order valence-electron chi connectivity index (χ3n) is 4.22. The first-order valence-corrected chi connectivity index (χ1v) is 9.68. The number of hydrogen-bond donors (Lipinski definition) is 1. The van der Waals surface area contributed by atoms with Gasteiger partial charge in [-0.2, -0.15) is 9.78 Å². The number of benzene rings is 1. The van der Waals surface area contributed by atoms with Crippen molar-refractivity contribution in [3.63, 3.8) is 0 Å². The van der Waals surface area contributed by atoms with E-state index in [0.717, 1.165) is 6.42 Å². The molecule has 1 aromatic carbocycles. The van der Waals surface area contributed by atoms with Crippen LogP contribution in [0.3, 0.4) is 0 Å². The van der Waals surface area contributed by atoms with Gasteiger partial charge in [0.1, 0.15) is 10.6 Å². The number of alkyl carbamates (subject to hydrolysis) is 1. The van der Waals surface area contributed by atoms with Crippen molar-refractivity contribution >= 4 is 35.0 Å². The largest absolute Gasteiger partial charge is 0.444 e. The fraction of sp³-hybridized carbons (Fsp3) is 0.421. The molecule has 1 saturated heterocycles. The van der Waals surface area contributed by atoms with Crippen LogP contribution in [0.2, 0.25) is 10.0 Å². The van der Waals surface area contributed by atoms with Crippen molar-refractivity contribution in [1.82, 2.24) is 15.1 Å². The summed E-state index contributed by atoms with van der Waals surface area (Å²) in [4.78, 5) is 26.6. The highest BCUT2D eigenvalue weighted by Gasteiger charge is 2.28. The van der Waals surface area contributed by atoms with E-state index in [1.54, 1.807) is 30.5 Å². The van der Waals surface area contributed by atoms with Gasteiger partial charge in [-0.05, 0) is 51.5 Å². The molecule has 1 atom stereocenters. The molecule has 28 heavy (non-hydrogen) atoms. The molecule has 7 nitrogen and oxygen atoms in total. The monoisotopic (exact) mass is 424 g/mol. The number of nitrogens with zero attached hydrogens (tertiary/aromatic N) is 3. The second kappa shape index (κ2) is 8.01. The first-order chi connectivity index (χ1) is 13.1. The van der Waals surface area contributed by atoms with Crippen LogP contribution in [0.4, 0.5) is 10.5 Å². The van der Waals surface area contributed by atoms with E-state index < -0.39 is 17.3 Å². The van der Waals surface area contributed by atoms with E-state index >= 15 is 0 Å². The molecular formula is C19H22Cl2N4O3. The van der Waals surface area contributed by atoms with E-state index in [1.165, 1.54) is 4.68 Å². The predicted molar refractivity (Wildman–Crippen MR) is 110 cm³/mol. The first-order valence-electron chi connectivity index (χ1n) is 8.92. The number of carbonyl (C=O) groups is 1. The van der Waals surface area contributed by atoms with Gasteiger partial charge in [0.2, 0.25) is 0 Å². The third kappa shape index (κ3) is 4.77. The van der Waals surface area contributed by atoms with Crippen LogP contribution in [0.15, 0.2) is 35.3 Å². The second-order valence-electron chi connectivity index (χ2n) is 7.62. The van der Waals surface area contributed by atoms with Crippen molar-refractivity contribution in [1.29, 1.82) is 0 Å². The Hall–Kier alpha value is -2.25. The molecule has 0 aliphatic carbocycles. The summed E-state index contributed by atoms with van der Waals surface area (Å²) in [6.45, 7) is 6.61. The van der Waals surface area contributed by atoms with Gasteiger partial charge in [0.15, 0.2) is 0 Å². The fourth-order valence-corrected chi connectivity index (χ4v) is 3.36. The summed E-state index contributed by atoms with van der Waals surface area (Å²) in [7, 11) is 0. The quantitative estimate of drug-likeness (QED) is 0.813. The molecule has 1 aromatic heterocycles.